The van der Waals surface area contributed by atoms with E-state index in [0.717, 1.165) is 12.1 Å². The van der Waals surface area contributed by atoms with E-state index in [9.17, 15) is 9.59 Å². The molecule has 0 unspecified atom stereocenters. The van der Waals surface area contributed by atoms with Gasteiger partial charge >= 0.3 is 0 Å². The van der Waals surface area contributed by atoms with Crippen molar-refractivity contribution in [3.05, 3.63) is 23.8 Å². The summed E-state index contributed by atoms with van der Waals surface area (Å²) in [6.45, 7) is 2.70. The van der Waals surface area contributed by atoms with E-state index in [4.69, 9.17) is 9.47 Å². The first-order chi connectivity index (χ1) is 12.6. The molecule has 2 aliphatic rings. The van der Waals surface area contributed by atoms with Crippen LogP contribution in [-0.4, -0.2) is 62.7 Å². The first kappa shape index (κ1) is 18.5. The average Bonchev–Trinajstić information content (AvgIpc) is 2.68. The highest BCUT2D eigenvalue weighted by molar-refractivity contribution is 5.87. The standard InChI is InChI=1S/C19H27N3O4/c1-25-15-5-3-14(13-16(15)26-2)4-6-17(23)22-11-7-19(8-12-22)18(24)20-9-10-21-19/h3,5,13,21H,4,6-12H2,1-2H3,(H,20,24). The number of nitrogens with zero attached hydrogens (tertiary/aromatic N) is 1. The number of piperazine rings is 1. The molecule has 3 rings (SSSR count). The molecule has 7 nitrogen and oxygen atoms in total. The summed E-state index contributed by atoms with van der Waals surface area (Å²) in [7, 11) is 3.21. The van der Waals surface area contributed by atoms with Crippen LogP contribution in [0.15, 0.2) is 18.2 Å². The lowest BCUT2D eigenvalue weighted by atomic mass is 9.85. The quantitative estimate of drug-likeness (QED) is 0.808. The maximum atomic E-state index is 12.6. The molecule has 2 fully saturated rings. The van der Waals surface area contributed by atoms with Crippen molar-refractivity contribution in [3.8, 4) is 11.5 Å². The fraction of sp³-hybridized carbons (Fsp3) is 0.579. The Hall–Kier alpha value is -2.28. The molecule has 0 bridgehead atoms. The fourth-order valence-electron chi connectivity index (χ4n) is 3.71. The summed E-state index contributed by atoms with van der Waals surface area (Å²) >= 11 is 0. The van der Waals surface area contributed by atoms with Crippen molar-refractivity contribution in [1.82, 2.24) is 15.5 Å². The number of piperidine rings is 1. The third-order valence-corrected chi connectivity index (χ3v) is 5.35. The molecule has 2 amide bonds. The minimum atomic E-state index is -0.488. The lowest BCUT2D eigenvalue weighted by Gasteiger charge is -2.43. The highest BCUT2D eigenvalue weighted by Crippen LogP contribution is 2.28. The first-order valence-electron chi connectivity index (χ1n) is 9.10. The Morgan fingerprint density at radius 3 is 2.54 bits per heavy atom. The van der Waals surface area contributed by atoms with Gasteiger partial charge < -0.3 is 25.0 Å². The van der Waals surface area contributed by atoms with E-state index in [2.05, 4.69) is 10.6 Å². The average molecular weight is 361 g/mol. The maximum absolute atomic E-state index is 12.6. The van der Waals surface area contributed by atoms with Crippen LogP contribution in [0.5, 0.6) is 11.5 Å². The number of hydrogen-bond donors (Lipinski definition) is 2. The Kier molecular flexibility index (Phi) is 5.66. The van der Waals surface area contributed by atoms with Gasteiger partial charge in [0.25, 0.3) is 0 Å². The second-order valence-corrected chi connectivity index (χ2v) is 6.83. The minimum Gasteiger partial charge on any atom is -0.493 e. The second kappa shape index (κ2) is 7.95. The molecule has 1 spiro atoms. The van der Waals surface area contributed by atoms with Crippen molar-refractivity contribution in [2.24, 2.45) is 0 Å². The number of hydrogen-bond acceptors (Lipinski definition) is 5. The summed E-state index contributed by atoms with van der Waals surface area (Å²) in [5.74, 6) is 1.56. The molecule has 2 heterocycles. The summed E-state index contributed by atoms with van der Waals surface area (Å²) in [5.41, 5.74) is 0.552. The predicted octanol–water partition coefficient (Wildman–Crippen LogP) is 0.717. The molecule has 0 aromatic heterocycles. The van der Waals surface area contributed by atoms with E-state index in [1.807, 2.05) is 23.1 Å². The Morgan fingerprint density at radius 1 is 1.15 bits per heavy atom. The van der Waals surface area contributed by atoms with Gasteiger partial charge in [0, 0.05) is 32.6 Å². The minimum absolute atomic E-state index is 0.0705. The van der Waals surface area contributed by atoms with Crippen LogP contribution in [0.4, 0.5) is 0 Å². The molecule has 26 heavy (non-hydrogen) atoms. The third-order valence-electron chi connectivity index (χ3n) is 5.35. The van der Waals surface area contributed by atoms with Crippen molar-refractivity contribution in [2.45, 2.75) is 31.2 Å². The van der Waals surface area contributed by atoms with Crippen molar-refractivity contribution < 1.29 is 19.1 Å². The van der Waals surface area contributed by atoms with Crippen LogP contribution < -0.4 is 20.1 Å². The Balaban J connectivity index is 1.52. The van der Waals surface area contributed by atoms with Crippen LogP contribution in [0.25, 0.3) is 0 Å². The molecule has 0 radical (unpaired) electrons. The van der Waals surface area contributed by atoms with Gasteiger partial charge in [-0.25, -0.2) is 0 Å². The molecule has 2 aliphatic heterocycles. The summed E-state index contributed by atoms with van der Waals surface area (Å²) in [6.07, 6.45) is 2.43. The molecular formula is C19H27N3O4. The van der Waals surface area contributed by atoms with Gasteiger partial charge in [-0.05, 0) is 37.0 Å². The van der Waals surface area contributed by atoms with E-state index < -0.39 is 5.54 Å². The van der Waals surface area contributed by atoms with Gasteiger partial charge in [-0.1, -0.05) is 6.07 Å². The highest BCUT2D eigenvalue weighted by Gasteiger charge is 2.43. The highest BCUT2D eigenvalue weighted by atomic mass is 16.5. The predicted molar refractivity (Wildman–Crippen MR) is 97.4 cm³/mol. The number of amides is 2. The number of nitrogens with one attached hydrogen (secondary N) is 2. The topological polar surface area (TPSA) is 79.9 Å². The lowest BCUT2D eigenvalue weighted by molar-refractivity contribution is -0.138. The number of ether oxygens (including phenoxy) is 2. The molecule has 1 aromatic carbocycles. The van der Waals surface area contributed by atoms with Crippen molar-refractivity contribution in [3.63, 3.8) is 0 Å². The van der Waals surface area contributed by atoms with Gasteiger partial charge in [0.2, 0.25) is 11.8 Å². The number of methoxy groups -OCH3 is 2. The zero-order valence-electron chi connectivity index (χ0n) is 15.5. The van der Waals surface area contributed by atoms with Crippen LogP contribution in [0.3, 0.4) is 0 Å². The molecule has 2 saturated heterocycles. The van der Waals surface area contributed by atoms with Crippen LogP contribution in [0, 0.1) is 0 Å². The number of rotatable bonds is 5. The van der Waals surface area contributed by atoms with Crippen LogP contribution in [0.2, 0.25) is 0 Å². The molecule has 7 heteroatoms. The number of likely N-dealkylation sites (tertiary alicyclic amines) is 1. The number of benzene rings is 1. The van der Waals surface area contributed by atoms with Gasteiger partial charge in [0.1, 0.15) is 5.54 Å². The molecule has 0 aliphatic carbocycles. The molecule has 0 saturated carbocycles. The Morgan fingerprint density at radius 2 is 1.88 bits per heavy atom. The summed E-state index contributed by atoms with van der Waals surface area (Å²) in [6, 6.07) is 5.72. The van der Waals surface area contributed by atoms with Gasteiger partial charge in [-0.15, -0.1) is 0 Å². The van der Waals surface area contributed by atoms with Gasteiger partial charge in [-0.3, -0.25) is 9.59 Å². The molecule has 1 aromatic rings. The third kappa shape index (κ3) is 3.77. The summed E-state index contributed by atoms with van der Waals surface area (Å²) < 4.78 is 10.5. The van der Waals surface area contributed by atoms with E-state index >= 15 is 0 Å². The summed E-state index contributed by atoms with van der Waals surface area (Å²) in [5, 5.41) is 6.28. The largest absolute Gasteiger partial charge is 0.493 e. The Bertz CT molecular complexity index is 669. The van der Waals surface area contributed by atoms with Crippen LogP contribution >= 0.6 is 0 Å². The number of aryl methyl sites for hydroxylation is 1. The van der Waals surface area contributed by atoms with E-state index in [1.165, 1.54) is 0 Å². The second-order valence-electron chi connectivity index (χ2n) is 6.83. The van der Waals surface area contributed by atoms with E-state index in [0.29, 0.717) is 56.8 Å². The van der Waals surface area contributed by atoms with Crippen molar-refractivity contribution in [2.75, 3.05) is 40.4 Å². The van der Waals surface area contributed by atoms with E-state index in [-0.39, 0.29) is 11.8 Å². The zero-order valence-corrected chi connectivity index (χ0v) is 15.5. The van der Waals surface area contributed by atoms with Gasteiger partial charge in [0.05, 0.1) is 14.2 Å². The number of carbonyl (C=O) groups is 2. The zero-order chi connectivity index (χ0) is 18.6. The van der Waals surface area contributed by atoms with Crippen molar-refractivity contribution >= 4 is 11.8 Å². The molecular weight excluding hydrogens is 334 g/mol. The lowest BCUT2D eigenvalue weighted by Crippen LogP contribution is -2.66. The van der Waals surface area contributed by atoms with Crippen LogP contribution in [0.1, 0.15) is 24.8 Å². The monoisotopic (exact) mass is 361 g/mol. The normalized spacial score (nSPS) is 19.2. The smallest absolute Gasteiger partial charge is 0.240 e. The molecule has 0 atom stereocenters. The van der Waals surface area contributed by atoms with E-state index in [1.54, 1.807) is 14.2 Å². The van der Waals surface area contributed by atoms with Crippen LogP contribution in [-0.2, 0) is 16.0 Å². The maximum Gasteiger partial charge on any atom is 0.240 e. The van der Waals surface area contributed by atoms with Gasteiger partial charge in [-0.2, -0.15) is 0 Å². The SMILES string of the molecule is COc1ccc(CCC(=O)N2CCC3(CC2)NCCNC3=O)cc1OC. The number of carbonyl (C=O) groups excluding carboxylic acids is 2. The fourth-order valence-corrected chi connectivity index (χ4v) is 3.71. The molecule has 2 N–H and O–H groups in total. The molecule has 142 valence electrons. The summed E-state index contributed by atoms with van der Waals surface area (Å²) in [4.78, 5) is 26.6. The Labute approximate surface area is 154 Å². The van der Waals surface area contributed by atoms with Gasteiger partial charge in [0.15, 0.2) is 11.5 Å². The van der Waals surface area contributed by atoms with Crippen molar-refractivity contribution in [1.29, 1.82) is 0 Å². The first-order valence-corrected chi connectivity index (χ1v) is 9.10.